The summed E-state index contributed by atoms with van der Waals surface area (Å²) < 4.78 is 23.9. The van der Waals surface area contributed by atoms with Crippen LogP contribution in [0.3, 0.4) is 0 Å². The maximum Gasteiger partial charge on any atom is 0.184 e. The molecule has 0 amide bonds. The molecule has 0 aromatic carbocycles. The molecule has 1 aromatic heterocycles. The molecule has 5 heteroatoms. The molecular weight excluding hydrogens is 212 g/mol. The van der Waals surface area contributed by atoms with Gasteiger partial charge in [-0.25, -0.2) is 13.4 Å². The quantitative estimate of drug-likeness (QED) is 0.753. The van der Waals surface area contributed by atoms with Gasteiger partial charge in [0.2, 0.25) is 0 Å². The minimum atomic E-state index is -3.32. The molecule has 1 aliphatic carbocycles. The smallest absolute Gasteiger partial charge is 0.184 e. The second kappa shape index (κ2) is 3.31. The molecule has 15 heavy (non-hydrogen) atoms. The van der Waals surface area contributed by atoms with Crippen LogP contribution in [0.4, 0.5) is 0 Å². The highest BCUT2D eigenvalue weighted by Gasteiger charge is 2.38. The van der Waals surface area contributed by atoms with Crippen molar-refractivity contribution in [3.8, 4) is 6.07 Å². The van der Waals surface area contributed by atoms with Gasteiger partial charge in [-0.3, -0.25) is 0 Å². The maximum atomic E-state index is 11.9. The van der Waals surface area contributed by atoms with Crippen LogP contribution >= 0.6 is 0 Å². The predicted molar refractivity (Wildman–Crippen MR) is 53.9 cm³/mol. The number of nitriles is 1. The van der Waals surface area contributed by atoms with Crippen molar-refractivity contribution in [1.29, 1.82) is 5.26 Å². The molecule has 1 aromatic rings. The third-order valence-electron chi connectivity index (χ3n) is 2.37. The molecular formula is C10H10N2O2S. The van der Waals surface area contributed by atoms with E-state index in [1.165, 1.54) is 12.3 Å². The third kappa shape index (κ3) is 1.73. The van der Waals surface area contributed by atoms with Crippen molar-refractivity contribution in [3.63, 3.8) is 0 Å². The fraction of sp³-hybridized carbons (Fsp3) is 0.400. The molecule has 4 nitrogen and oxygen atoms in total. The van der Waals surface area contributed by atoms with E-state index in [9.17, 15) is 8.42 Å². The lowest BCUT2D eigenvalue weighted by Crippen LogP contribution is -2.10. The highest BCUT2D eigenvalue weighted by molar-refractivity contribution is 7.92. The minimum absolute atomic E-state index is 0.00694. The molecule has 2 rings (SSSR count). The highest BCUT2D eigenvalue weighted by Crippen LogP contribution is 2.34. The van der Waals surface area contributed by atoms with E-state index in [1.807, 2.05) is 6.07 Å². The predicted octanol–water partition coefficient (Wildman–Crippen LogP) is 1.20. The van der Waals surface area contributed by atoms with Crippen molar-refractivity contribution < 1.29 is 8.42 Å². The van der Waals surface area contributed by atoms with E-state index < -0.39 is 9.84 Å². The zero-order chi connectivity index (χ0) is 11.1. The molecule has 0 saturated heterocycles. The summed E-state index contributed by atoms with van der Waals surface area (Å²) in [7, 11) is -3.32. The number of nitrogens with zero attached hydrogens (tertiary/aromatic N) is 2. The van der Waals surface area contributed by atoms with E-state index in [0.29, 0.717) is 12.8 Å². The lowest BCUT2D eigenvalue weighted by atomic mass is 10.3. The Hall–Kier alpha value is -1.41. The molecule has 78 valence electrons. The van der Waals surface area contributed by atoms with E-state index in [-0.39, 0.29) is 15.8 Å². The van der Waals surface area contributed by atoms with Gasteiger partial charge in [-0.15, -0.1) is 0 Å². The zero-order valence-electron chi connectivity index (χ0n) is 8.27. The Morgan fingerprint density at radius 3 is 2.73 bits per heavy atom. The normalized spacial score (nSPS) is 16.0. The second-order valence-corrected chi connectivity index (χ2v) is 5.91. The van der Waals surface area contributed by atoms with Crippen molar-refractivity contribution in [1.82, 2.24) is 4.98 Å². The van der Waals surface area contributed by atoms with Crippen LogP contribution in [0.5, 0.6) is 0 Å². The van der Waals surface area contributed by atoms with Gasteiger partial charge in [0.1, 0.15) is 11.0 Å². The molecule has 1 saturated carbocycles. The average molecular weight is 222 g/mol. The summed E-state index contributed by atoms with van der Waals surface area (Å²) >= 11 is 0. The molecule has 0 atom stereocenters. The van der Waals surface area contributed by atoms with Gasteiger partial charge < -0.3 is 0 Å². The number of rotatable bonds is 2. The molecule has 0 bridgehead atoms. The van der Waals surface area contributed by atoms with Gasteiger partial charge in [0, 0.05) is 6.20 Å². The van der Waals surface area contributed by atoms with E-state index >= 15 is 0 Å². The number of pyridine rings is 1. The van der Waals surface area contributed by atoms with Gasteiger partial charge in [0.15, 0.2) is 15.5 Å². The van der Waals surface area contributed by atoms with Crippen LogP contribution in [0.2, 0.25) is 0 Å². The Labute approximate surface area is 88.5 Å². The van der Waals surface area contributed by atoms with Crippen LogP contribution in [0, 0.1) is 18.3 Å². The topological polar surface area (TPSA) is 70.8 Å². The molecule has 1 heterocycles. The first-order valence-corrected chi connectivity index (χ1v) is 6.21. The summed E-state index contributed by atoms with van der Waals surface area (Å²) in [6, 6.07) is 3.35. The Bertz CT molecular complexity index is 539. The second-order valence-electron chi connectivity index (χ2n) is 3.72. The molecule has 1 fully saturated rings. The first-order valence-electron chi connectivity index (χ1n) is 4.66. The van der Waals surface area contributed by atoms with E-state index in [1.54, 1.807) is 6.92 Å². The van der Waals surface area contributed by atoms with Crippen LogP contribution in [0.25, 0.3) is 0 Å². The largest absolute Gasteiger partial charge is 0.244 e. The summed E-state index contributed by atoms with van der Waals surface area (Å²) in [5.74, 6) is 0. The SMILES string of the molecule is Cc1cnc(C#N)c(S(=O)(=O)C2CC2)c1. The van der Waals surface area contributed by atoms with E-state index in [2.05, 4.69) is 4.98 Å². The first kappa shape index (κ1) is 10.1. The van der Waals surface area contributed by atoms with Gasteiger partial charge in [0.05, 0.1) is 5.25 Å². The third-order valence-corrected chi connectivity index (χ3v) is 4.64. The van der Waals surface area contributed by atoms with E-state index in [0.717, 1.165) is 5.56 Å². The lowest BCUT2D eigenvalue weighted by Gasteiger charge is -2.04. The number of hydrogen-bond acceptors (Lipinski definition) is 4. The maximum absolute atomic E-state index is 11.9. The standard InChI is InChI=1S/C10H10N2O2S/c1-7-4-10(9(5-11)12-6-7)15(13,14)8-2-3-8/h4,6,8H,2-3H2,1H3. The molecule has 0 aliphatic heterocycles. The van der Waals surface area contributed by atoms with Crippen molar-refractivity contribution in [2.24, 2.45) is 0 Å². The number of hydrogen-bond donors (Lipinski definition) is 0. The summed E-state index contributed by atoms with van der Waals surface area (Å²) in [4.78, 5) is 3.92. The van der Waals surface area contributed by atoms with Gasteiger partial charge in [-0.05, 0) is 31.4 Å². The van der Waals surface area contributed by atoms with Crippen molar-refractivity contribution >= 4 is 9.84 Å². The minimum Gasteiger partial charge on any atom is -0.244 e. The van der Waals surface area contributed by atoms with E-state index in [4.69, 9.17) is 5.26 Å². The van der Waals surface area contributed by atoms with Gasteiger partial charge in [-0.2, -0.15) is 5.26 Å². The van der Waals surface area contributed by atoms with Crippen molar-refractivity contribution in [2.75, 3.05) is 0 Å². The monoisotopic (exact) mass is 222 g/mol. The summed E-state index contributed by atoms with van der Waals surface area (Å²) in [5, 5.41) is 8.50. The van der Waals surface area contributed by atoms with Crippen molar-refractivity contribution in [3.05, 3.63) is 23.5 Å². The molecule has 1 aliphatic rings. The highest BCUT2D eigenvalue weighted by atomic mass is 32.2. The lowest BCUT2D eigenvalue weighted by molar-refractivity contribution is 0.594. The molecule has 0 radical (unpaired) electrons. The summed E-state index contributed by atoms with van der Waals surface area (Å²) in [6.45, 7) is 1.76. The van der Waals surface area contributed by atoms with Crippen LogP contribution < -0.4 is 0 Å². The van der Waals surface area contributed by atoms with Crippen molar-refractivity contribution in [2.45, 2.75) is 29.9 Å². The van der Waals surface area contributed by atoms with Crippen LogP contribution in [-0.2, 0) is 9.84 Å². The number of aromatic nitrogens is 1. The summed E-state index contributed by atoms with van der Waals surface area (Å²) in [6.07, 6.45) is 2.90. The fourth-order valence-corrected chi connectivity index (χ4v) is 3.23. The Kier molecular flexibility index (Phi) is 2.24. The average Bonchev–Trinajstić information content (AvgIpc) is 3.01. The fourth-order valence-electron chi connectivity index (χ4n) is 1.40. The molecule has 0 spiro atoms. The molecule has 0 unspecified atom stereocenters. The zero-order valence-corrected chi connectivity index (χ0v) is 9.08. The Morgan fingerprint density at radius 1 is 1.53 bits per heavy atom. The van der Waals surface area contributed by atoms with Gasteiger partial charge >= 0.3 is 0 Å². The van der Waals surface area contributed by atoms with Crippen LogP contribution in [0.15, 0.2) is 17.2 Å². The van der Waals surface area contributed by atoms with Crippen LogP contribution in [-0.4, -0.2) is 18.7 Å². The Morgan fingerprint density at radius 2 is 2.20 bits per heavy atom. The first-order chi connectivity index (χ1) is 7.05. The van der Waals surface area contributed by atoms with Crippen LogP contribution in [0.1, 0.15) is 24.1 Å². The number of aryl methyl sites for hydroxylation is 1. The molecule has 0 N–H and O–H groups in total. The summed E-state index contributed by atoms with van der Waals surface area (Å²) in [5.41, 5.74) is 0.765. The van der Waals surface area contributed by atoms with Gasteiger partial charge in [0.25, 0.3) is 0 Å². The van der Waals surface area contributed by atoms with Gasteiger partial charge in [-0.1, -0.05) is 0 Å². The Balaban J connectivity index is 2.61. The number of sulfone groups is 1.